The summed E-state index contributed by atoms with van der Waals surface area (Å²) in [6.45, 7) is 12.1. The summed E-state index contributed by atoms with van der Waals surface area (Å²) in [7, 11) is -2.50. The van der Waals surface area contributed by atoms with Gasteiger partial charge >= 0.3 is 8.56 Å². The van der Waals surface area contributed by atoms with E-state index < -0.39 is 14.3 Å². The van der Waals surface area contributed by atoms with E-state index in [4.69, 9.17) is 14.6 Å². The van der Waals surface area contributed by atoms with Gasteiger partial charge in [0.1, 0.15) is 0 Å². The Hall–Kier alpha value is 0.0569. The molecule has 0 bridgehead atoms. The van der Waals surface area contributed by atoms with Crippen molar-refractivity contribution in [2.24, 2.45) is 11.1 Å². The van der Waals surface area contributed by atoms with E-state index in [1.807, 2.05) is 20.8 Å². The molecule has 0 fully saturated rings. The molecule has 0 spiro atoms. The third-order valence-corrected chi connectivity index (χ3v) is 7.63. The first-order chi connectivity index (χ1) is 8.87. The van der Waals surface area contributed by atoms with Crippen molar-refractivity contribution >= 4 is 8.56 Å². The lowest BCUT2D eigenvalue weighted by molar-refractivity contribution is 0.107. The topological polar surface area (TPSA) is 64.7 Å². The molecule has 116 valence electrons. The summed E-state index contributed by atoms with van der Waals surface area (Å²) < 4.78 is 11.8. The summed E-state index contributed by atoms with van der Waals surface area (Å²) in [4.78, 5) is 0. The Kier molecular flexibility index (Phi) is 9.10. The minimum Gasteiger partial charge on any atom is -0.393 e. The van der Waals surface area contributed by atoms with Crippen molar-refractivity contribution in [1.82, 2.24) is 0 Å². The first-order valence-corrected chi connectivity index (χ1v) is 9.63. The molecule has 1 atom stereocenters. The third-order valence-electron chi connectivity index (χ3n) is 3.60. The van der Waals surface area contributed by atoms with Crippen LogP contribution in [0, 0.1) is 5.41 Å². The van der Waals surface area contributed by atoms with E-state index >= 15 is 0 Å². The lowest BCUT2D eigenvalue weighted by Crippen LogP contribution is -2.53. The Morgan fingerprint density at radius 2 is 1.68 bits per heavy atom. The van der Waals surface area contributed by atoms with Crippen LogP contribution in [0.5, 0.6) is 0 Å². The number of aliphatic hydroxyl groups excluding tert-OH is 1. The van der Waals surface area contributed by atoms with Crippen LogP contribution < -0.4 is 5.73 Å². The zero-order valence-electron chi connectivity index (χ0n) is 13.4. The van der Waals surface area contributed by atoms with Crippen molar-refractivity contribution in [2.45, 2.75) is 65.7 Å². The van der Waals surface area contributed by atoms with Gasteiger partial charge in [0.15, 0.2) is 0 Å². The second-order valence-electron chi connectivity index (χ2n) is 5.82. The molecule has 0 heterocycles. The quantitative estimate of drug-likeness (QED) is 0.574. The fraction of sp³-hybridized carbons (Fsp3) is 1.00. The van der Waals surface area contributed by atoms with Crippen molar-refractivity contribution < 1.29 is 14.0 Å². The summed E-state index contributed by atoms with van der Waals surface area (Å²) >= 11 is 0. The maximum atomic E-state index is 10.3. The van der Waals surface area contributed by atoms with Crippen molar-refractivity contribution in [2.75, 3.05) is 19.8 Å². The van der Waals surface area contributed by atoms with E-state index in [1.165, 1.54) is 0 Å². The van der Waals surface area contributed by atoms with Gasteiger partial charge < -0.3 is 19.7 Å². The van der Waals surface area contributed by atoms with Crippen LogP contribution in [0.15, 0.2) is 0 Å². The van der Waals surface area contributed by atoms with Gasteiger partial charge in [0.2, 0.25) is 0 Å². The van der Waals surface area contributed by atoms with E-state index in [0.717, 1.165) is 18.9 Å². The Balaban J connectivity index is 4.64. The molecule has 0 aliphatic heterocycles. The molecular weight excluding hydrogens is 258 g/mol. The Morgan fingerprint density at radius 1 is 1.16 bits per heavy atom. The number of hydrogen-bond acceptors (Lipinski definition) is 4. The first-order valence-electron chi connectivity index (χ1n) is 7.53. The predicted molar refractivity (Wildman–Crippen MR) is 82.2 cm³/mol. The van der Waals surface area contributed by atoms with E-state index in [0.29, 0.717) is 26.2 Å². The lowest BCUT2D eigenvalue weighted by atomic mass is 9.88. The molecular formula is C14H33NO3Si. The zero-order valence-corrected chi connectivity index (χ0v) is 14.4. The van der Waals surface area contributed by atoms with Gasteiger partial charge in [-0.1, -0.05) is 27.2 Å². The van der Waals surface area contributed by atoms with Gasteiger partial charge in [-0.3, -0.25) is 0 Å². The molecule has 0 rings (SSSR count). The molecule has 0 amide bonds. The fourth-order valence-corrected chi connectivity index (χ4v) is 5.62. The molecule has 5 heteroatoms. The number of hydrogen-bond donors (Lipinski definition) is 2. The van der Waals surface area contributed by atoms with Crippen LogP contribution >= 0.6 is 0 Å². The van der Waals surface area contributed by atoms with Crippen molar-refractivity contribution in [1.29, 1.82) is 0 Å². The summed E-state index contributed by atoms with van der Waals surface area (Å²) in [6.07, 6.45) is 2.72. The standard InChI is InChI=1S/C14H33NO3Si/c1-6-13(16)19(17-7-2,18-8-3)11-9-10-14(4,5)12-15/h13,16H,6-12,15H2,1-5H3. The summed E-state index contributed by atoms with van der Waals surface area (Å²) in [6, 6.07) is 0.840. The first kappa shape index (κ1) is 19.1. The van der Waals surface area contributed by atoms with E-state index in [9.17, 15) is 5.11 Å². The molecule has 4 nitrogen and oxygen atoms in total. The van der Waals surface area contributed by atoms with Crippen LogP contribution in [-0.4, -0.2) is 39.2 Å². The van der Waals surface area contributed by atoms with Crippen molar-refractivity contribution in [3.05, 3.63) is 0 Å². The van der Waals surface area contributed by atoms with Gasteiger partial charge in [-0.15, -0.1) is 0 Å². The van der Waals surface area contributed by atoms with Gasteiger partial charge in [0, 0.05) is 13.2 Å². The summed E-state index contributed by atoms with van der Waals surface area (Å²) in [5.41, 5.74) is 5.46. The third kappa shape index (κ3) is 6.36. The van der Waals surface area contributed by atoms with Gasteiger partial charge in [-0.25, -0.2) is 0 Å². The monoisotopic (exact) mass is 291 g/mol. The Morgan fingerprint density at radius 3 is 2.05 bits per heavy atom. The molecule has 0 aromatic carbocycles. The SMILES string of the molecule is CCO[Si](CCCC(C)(C)CN)(OCC)C(O)CC. The Bertz CT molecular complexity index is 231. The van der Waals surface area contributed by atoms with Gasteiger partial charge in [-0.2, -0.15) is 0 Å². The van der Waals surface area contributed by atoms with Crippen LogP contribution in [0.25, 0.3) is 0 Å². The highest BCUT2D eigenvalue weighted by Gasteiger charge is 2.44. The average molecular weight is 292 g/mol. The molecule has 0 saturated heterocycles. The van der Waals surface area contributed by atoms with Crippen LogP contribution in [0.4, 0.5) is 0 Å². The average Bonchev–Trinajstić information content (AvgIpc) is 2.38. The molecule has 19 heavy (non-hydrogen) atoms. The number of aliphatic hydroxyl groups is 1. The Labute approximate surface area is 119 Å². The number of nitrogens with two attached hydrogens (primary N) is 1. The highest BCUT2D eigenvalue weighted by atomic mass is 28.4. The zero-order chi connectivity index (χ0) is 14.9. The van der Waals surface area contributed by atoms with Crippen LogP contribution in [0.2, 0.25) is 6.04 Å². The molecule has 0 aliphatic rings. The maximum absolute atomic E-state index is 10.3. The molecule has 0 aromatic rings. The minimum atomic E-state index is -2.50. The minimum absolute atomic E-state index is 0.149. The molecule has 0 radical (unpaired) electrons. The lowest BCUT2D eigenvalue weighted by Gasteiger charge is -2.34. The highest BCUT2D eigenvalue weighted by molar-refractivity contribution is 6.68. The van der Waals surface area contributed by atoms with E-state index in [2.05, 4.69) is 13.8 Å². The van der Waals surface area contributed by atoms with Crippen LogP contribution in [0.3, 0.4) is 0 Å². The van der Waals surface area contributed by atoms with Gasteiger partial charge in [0.25, 0.3) is 0 Å². The van der Waals surface area contributed by atoms with Crippen molar-refractivity contribution in [3.63, 3.8) is 0 Å². The molecule has 3 N–H and O–H groups in total. The summed E-state index contributed by atoms with van der Waals surface area (Å²) in [5, 5.41) is 10.3. The molecule has 0 saturated carbocycles. The maximum Gasteiger partial charge on any atom is 0.367 e. The number of rotatable bonds is 11. The van der Waals surface area contributed by atoms with E-state index in [-0.39, 0.29) is 5.41 Å². The predicted octanol–water partition coefficient (Wildman–Crippen LogP) is 2.58. The second kappa shape index (κ2) is 9.08. The van der Waals surface area contributed by atoms with Crippen LogP contribution in [-0.2, 0) is 8.85 Å². The molecule has 1 unspecified atom stereocenters. The van der Waals surface area contributed by atoms with Crippen LogP contribution in [0.1, 0.15) is 53.9 Å². The van der Waals surface area contributed by atoms with Crippen molar-refractivity contribution in [3.8, 4) is 0 Å². The second-order valence-corrected chi connectivity index (χ2v) is 9.19. The molecule has 0 aromatic heterocycles. The van der Waals surface area contributed by atoms with Gasteiger partial charge in [-0.05, 0) is 44.7 Å². The van der Waals surface area contributed by atoms with E-state index in [1.54, 1.807) is 0 Å². The normalized spacial score (nSPS) is 14.7. The van der Waals surface area contributed by atoms with Gasteiger partial charge in [0.05, 0.1) is 5.73 Å². The largest absolute Gasteiger partial charge is 0.393 e. The smallest absolute Gasteiger partial charge is 0.367 e. The highest BCUT2D eigenvalue weighted by Crippen LogP contribution is 2.28. The summed E-state index contributed by atoms with van der Waals surface area (Å²) in [5.74, 6) is 0. The fourth-order valence-electron chi connectivity index (χ4n) is 2.26. The molecule has 0 aliphatic carbocycles.